The molecular formula is C17H25FIN5S2. The molecule has 26 heavy (non-hydrogen) atoms. The van der Waals surface area contributed by atoms with E-state index >= 15 is 0 Å². The van der Waals surface area contributed by atoms with Crippen LogP contribution in [0, 0.1) is 5.82 Å². The van der Waals surface area contributed by atoms with Gasteiger partial charge in [0.15, 0.2) is 11.1 Å². The highest BCUT2D eigenvalue weighted by molar-refractivity contribution is 14.0. The van der Waals surface area contributed by atoms with E-state index in [1.54, 1.807) is 23.5 Å². The fourth-order valence-corrected chi connectivity index (χ4v) is 3.52. The molecule has 2 rings (SSSR count). The maximum Gasteiger partial charge on any atom is 0.191 e. The van der Waals surface area contributed by atoms with E-state index in [1.807, 2.05) is 37.4 Å². The Morgan fingerprint density at radius 2 is 2.08 bits per heavy atom. The van der Waals surface area contributed by atoms with Gasteiger partial charge in [-0.15, -0.1) is 47.1 Å². The first-order chi connectivity index (χ1) is 12.1. The number of hydrogen-bond acceptors (Lipinski definition) is 5. The Morgan fingerprint density at radius 1 is 1.31 bits per heavy atom. The minimum atomic E-state index is -0.173. The van der Waals surface area contributed by atoms with Crippen molar-refractivity contribution in [2.75, 3.05) is 37.8 Å². The normalized spacial score (nSPS) is 11.0. The molecule has 1 aromatic heterocycles. The lowest BCUT2D eigenvalue weighted by Gasteiger charge is -2.11. The van der Waals surface area contributed by atoms with Crippen LogP contribution in [0.25, 0.3) is 0 Å². The van der Waals surface area contributed by atoms with Gasteiger partial charge in [0.2, 0.25) is 0 Å². The van der Waals surface area contributed by atoms with E-state index in [0.29, 0.717) is 18.0 Å². The van der Waals surface area contributed by atoms with Gasteiger partial charge in [-0.25, -0.2) is 14.4 Å². The van der Waals surface area contributed by atoms with Crippen molar-refractivity contribution >= 4 is 58.2 Å². The van der Waals surface area contributed by atoms with Gasteiger partial charge in [-0.05, 0) is 19.1 Å². The number of aliphatic imine (C=N–C) groups is 1. The van der Waals surface area contributed by atoms with Gasteiger partial charge in [-0.3, -0.25) is 0 Å². The molecule has 0 aliphatic carbocycles. The number of aromatic nitrogens is 1. The first-order valence-electron chi connectivity index (χ1n) is 8.11. The fourth-order valence-electron chi connectivity index (χ4n) is 1.97. The zero-order valence-electron chi connectivity index (χ0n) is 15.2. The summed E-state index contributed by atoms with van der Waals surface area (Å²) in [7, 11) is 3.95. The highest BCUT2D eigenvalue weighted by Gasteiger charge is 2.04. The van der Waals surface area contributed by atoms with Crippen molar-refractivity contribution in [3.8, 4) is 0 Å². The summed E-state index contributed by atoms with van der Waals surface area (Å²) in [6, 6.07) is 6.83. The average Bonchev–Trinajstić information content (AvgIpc) is 3.07. The number of nitrogens with zero attached hydrogens (tertiary/aromatic N) is 3. The molecule has 1 heterocycles. The molecule has 0 radical (unpaired) electrons. The van der Waals surface area contributed by atoms with E-state index in [1.165, 1.54) is 17.8 Å². The molecule has 9 heteroatoms. The predicted octanol–water partition coefficient (Wildman–Crippen LogP) is 3.81. The first kappa shape index (κ1) is 23.0. The molecule has 2 aromatic rings. The Morgan fingerprint density at radius 3 is 2.73 bits per heavy atom. The highest BCUT2D eigenvalue weighted by Crippen LogP contribution is 2.20. The van der Waals surface area contributed by atoms with E-state index in [0.717, 1.165) is 29.1 Å². The largest absolute Gasteiger partial charge is 0.357 e. The lowest BCUT2D eigenvalue weighted by molar-refractivity contribution is 0.602. The molecule has 144 valence electrons. The number of nitrogens with one attached hydrogen (secondary N) is 2. The van der Waals surface area contributed by atoms with Crippen LogP contribution in [-0.2, 0) is 6.54 Å². The highest BCUT2D eigenvalue weighted by atomic mass is 127. The van der Waals surface area contributed by atoms with Gasteiger partial charge in [-0.2, -0.15) is 0 Å². The van der Waals surface area contributed by atoms with Crippen molar-refractivity contribution in [1.29, 1.82) is 0 Å². The zero-order chi connectivity index (χ0) is 18.1. The minimum Gasteiger partial charge on any atom is -0.357 e. The second-order valence-electron chi connectivity index (χ2n) is 5.42. The average molecular weight is 509 g/mol. The lowest BCUT2D eigenvalue weighted by Crippen LogP contribution is -2.38. The van der Waals surface area contributed by atoms with Gasteiger partial charge in [0.1, 0.15) is 5.82 Å². The van der Waals surface area contributed by atoms with Gasteiger partial charge in [-0.1, -0.05) is 12.1 Å². The van der Waals surface area contributed by atoms with Crippen LogP contribution in [0.15, 0.2) is 39.5 Å². The quantitative estimate of drug-likeness (QED) is 0.186. The van der Waals surface area contributed by atoms with Crippen molar-refractivity contribution in [2.24, 2.45) is 4.99 Å². The number of guanidine groups is 1. The van der Waals surface area contributed by atoms with Crippen LogP contribution in [0.5, 0.6) is 0 Å². The van der Waals surface area contributed by atoms with Crippen LogP contribution in [0.2, 0.25) is 0 Å². The van der Waals surface area contributed by atoms with Crippen molar-refractivity contribution in [3.63, 3.8) is 0 Å². The van der Waals surface area contributed by atoms with Crippen LogP contribution in [-0.4, -0.2) is 43.9 Å². The van der Waals surface area contributed by atoms with E-state index in [2.05, 4.69) is 20.6 Å². The van der Waals surface area contributed by atoms with Gasteiger partial charge < -0.3 is 15.5 Å². The summed E-state index contributed by atoms with van der Waals surface area (Å²) in [4.78, 5) is 11.7. The van der Waals surface area contributed by atoms with Gasteiger partial charge >= 0.3 is 0 Å². The smallest absolute Gasteiger partial charge is 0.191 e. The molecule has 0 aliphatic heterocycles. The van der Waals surface area contributed by atoms with Crippen LogP contribution in [0.3, 0.4) is 0 Å². The van der Waals surface area contributed by atoms with E-state index in [9.17, 15) is 4.39 Å². The molecular weight excluding hydrogens is 484 g/mol. The van der Waals surface area contributed by atoms with Crippen molar-refractivity contribution in [3.05, 3.63) is 41.2 Å². The molecule has 0 unspecified atom stereocenters. The Kier molecular flexibility index (Phi) is 10.9. The van der Waals surface area contributed by atoms with Crippen LogP contribution >= 0.6 is 47.1 Å². The number of anilines is 1. The predicted molar refractivity (Wildman–Crippen MR) is 122 cm³/mol. The summed E-state index contributed by atoms with van der Waals surface area (Å²) in [6.07, 6.45) is 0. The number of hydrogen-bond donors (Lipinski definition) is 2. The maximum absolute atomic E-state index is 13.6. The van der Waals surface area contributed by atoms with Crippen LogP contribution < -0.4 is 15.5 Å². The van der Waals surface area contributed by atoms with E-state index in [4.69, 9.17) is 0 Å². The molecule has 0 bridgehead atoms. The second kappa shape index (κ2) is 12.3. The van der Waals surface area contributed by atoms with Gasteiger partial charge in [0.25, 0.3) is 0 Å². The molecule has 0 amide bonds. The molecule has 1 aromatic carbocycles. The van der Waals surface area contributed by atoms with Crippen LogP contribution in [0.4, 0.5) is 9.52 Å². The molecule has 0 fully saturated rings. The first-order valence-corrected chi connectivity index (χ1v) is 9.98. The Hall–Kier alpha value is -1.07. The van der Waals surface area contributed by atoms with Crippen molar-refractivity contribution in [1.82, 2.24) is 15.6 Å². The van der Waals surface area contributed by atoms with Crippen molar-refractivity contribution in [2.45, 2.75) is 18.4 Å². The minimum absolute atomic E-state index is 0. The van der Waals surface area contributed by atoms with Gasteiger partial charge in [0.05, 0.1) is 12.2 Å². The molecule has 5 nitrogen and oxygen atoms in total. The van der Waals surface area contributed by atoms with E-state index in [-0.39, 0.29) is 29.8 Å². The SMILES string of the molecule is CCNC(=NCc1csc(N(C)C)n1)NCCSc1ccccc1F.I. The summed E-state index contributed by atoms with van der Waals surface area (Å²) in [5.74, 6) is 1.33. The number of thioether (sulfide) groups is 1. The molecule has 0 spiro atoms. The molecule has 0 saturated heterocycles. The number of halogens is 2. The third-order valence-corrected chi connectivity index (χ3v) is 5.26. The topological polar surface area (TPSA) is 52.6 Å². The summed E-state index contributed by atoms with van der Waals surface area (Å²) in [5.41, 5.74) is 0.951. The fraction of sp³-hybridized carbons (Fsp3) is 0.412. The number of rotatable bonds is 8. The Labute approximate surface area is 179 Å². The Balaban J connectivity index is 0.00000338. The maximum atomic E-state index is 13.6. The zero-order valence-corrected chi connectivity index (χ0v) is 19.1. The lowest BCUT2D eigenvalue weighted by atomic mass is 10.3. The van der Waals surface area contributed by atoms with Gasteiger partial charge in [0, 0.05) is 43.2 Å². The molecule has 2 N–H and O–H groups in total. The third-order valence-electron chi connectivity index (χ3n) is 3.15. The van der Waals surface area contributed by atoms with Crippen molar-refractivity contribution < 1.29 is 4.39 Å². The summed E-state index contributed by atoms with van der Waals surface area (Å²) in [5, 5.41) is 9.48. The molecule has 0 atom stereocenters. The second-order valence-corrected chi connectivity index (χ2v) is 7.39. The summed E-state index contributed by atoms with van der Waals surface area (Å²) in [6.45, 7) is 4.04. The number of benzene rings is 1. The summed E-state index contributed by atoms with van der Waals surface area (Å²) < 4.78 is 13.6. The van der Waals surface area contributed by atoms with Crippen LogP contribution in [0.1, 0.15) is 12.6 Å². The third kappa shape index (κ3) is 7.67. The molecule has 0 saturated carbocycles. The number of thiazole rings is 1. The van der Waals surface area contributed by atoms with E-state index < -0.39 is 0 Å². The monoisotopic (exact) mass is 509 g/mol. The molecule has 0 aliphatic rings. The summed E-state index contributed by atoms with van der Waals surface area (Å²) >= 11 is 3.10. The Bertz CT molecular complexity index is 693. The standard InChI is InChI=1S/C17H24FN5S2.HI/c1-4-19-16(21-11-13-12-25-17(22-13)23(2)3)20-9-10-24-15-8-6-5-7-14(15)18;/h5-8,12H,4,9-11H2,1-3H3,(H2,19,20,21);1H.